The van der Waals surface area contributed by atoms with Crippen LogP contribution in [0.25, 0.3) is 21.5 Å². The quantitative estimate of drug-likeness (QED) is 0.175. The second-order valence-electron chi connectivity index (χ2n) is 5.46. The molecule has 0 amide bonds. The van der Waals surface area contributed by atoms with Gasteiger partial charge in [0.2, 0.25) is 0 Å². The second kappa shape index (κ2) is 9.33. The number of ether oxygens (including phenoxy) is 1. The average Bonchev–Trinajstić information content (AvgIpc) is 2.70. The van der Waals surface area contributed by atoms with E-state index in [0.717, 1.165) is 28.0 Å². The molecule has 134 valence electrons. The average molecular weight is 347 g/mol. The topological polar surface area (TPSA) is 73.6 Å². The number of unbranched alkanes of at least 4 members (excludes halogenated alkanes) is 1. The van der Waals surface area contributed by atoms with E-state index in [4.69, 9.17) is 22.6 Å². The number of aliphatic imine (C=N–C) groups is 1. The van der Waals surface area contributed by atoms with E-state index in [1.807, 2.05) is 50.2 Å². The first-order chi connectivity index (χ1) is 12.7. The van der Waals surface area contributed by atoms with E-state index in [0.29, 0.717) is 24.4 Å². The number of terminal acetylenes is 1. The van der Waals surface area contributed by atoms with Gasteiger partial charge in [-0.25, -0.2) is 0 Å². The lowest BCUT2D eigenvalue weighted by Crippen LogP contribution is -2.16. The Balaban J connectivity index is 0.00000117. The summed E-state index contributed by atoms with van der Waals surface area (Å²) in [6, 6.07) is 16.1. The maximum Gasteiger partial charge on any atom is 0.287 e. The van der Waals surface area contributed by atoms with Gasteiger partial charge < -0.3 is 16.2 Å². The number of fused-ring (bicyclic) bond motifs is 3. The van der Waals surface area contributed by atoms with Gasteiger partial charge in [0, 0.05) is 17.2 Å². The highest BCUT2D eigenvalue weighted by Gasteiger charge is 2.12. The zero-order chi connectivity index (χ0) is 18.9. The molecule has 0 aliphatic carbocycles. The molecule has 0 saturated heterocycles. The van der Waals surface area contributed by atoms with Gasteiger partial charge in [-0.1, -0.05) is 62.4 Å². The number of benzene rings is 3. The van der Waals surface area contributed by atoms with Crippen molar-refractivity contribution in [1.29, 1.82) is 0 Å². The van der Waals surface area contributed by atoms with Crippen LogP contribution in [0.3, 0.4) is 0 Å². The van der Waals surface area contributed by atoms with Gasteiger partial charge >= 0.3 is 0 Å². The molecule has 0 spiro atoms. The van der Waals surface area contributed by atoms with Gasteiger partial charge in [-0.15, -0.1) is 12.3 Å². The zero-order valence-corrected chi connectivity index (χ0v) is 15.3. The SMILES string of the molecule is C#CCCCOC(N)=Nc1c(N)c2ccccc2c2ccccc12.CC. The van der Waals surface area contributed by atoms with Gasteiger partial charge in [-0.05, 0) is 17.2 Å². The van der Waals surface area contributed by atoms with Crippen LogP contribution in [0, 0.1) is 12.3 Å². The van der Waals surface area contributed by atoms with Crippen molar-refractivity contribution in [3.05, 3.63) is 48.5 Å². The van der Waals surface area contributed by atoms with Crippen molar-refractivity contribution >= 4 is 38.9 Å². The Labute approximate surface area is 154 Å². The molecule has 4 nitrogen and oxygen atoms in total. The molecule has 3 rings (SSSR count). The standard InChI is InChI=1S/C20H19N3O.C2H6/c1-2-3-8-13-24-20(22)23-19-17-12-7-5-10-15(17)14-9-4-6-11-16(14)18(19)21;1-2/h1,4-7,9-12H,3,8,13,21H2,(H2,22,23);1-2H3. The van der Waals surface area contributed by atoms with Crippen LogP contribution in [0.4, 0.5) is 11.4 Å². The molecule has 0 aliphatic heterocycles. The lowest BCUT2D eigenvalue weighted by Gasteiger charge is -2.12. The molecule has 0 heterocycles. The van der Waals surface area contributed by atoms with Crippen molar-refractivity contribution < 1.29 is 4.74 Å². The fourth-order valence-corrected chi connectivity index (χ4v) is 2.76. The molecule has 0 aliphatic rings. The van der Waals surface area contributed by atoms with Gasteiger partial charge in [-0.2, -0.15) is 4.99 Å². The van der Waals surface area contributed by atoms with Crippen LogP contribution in [-0.4, -0.2) is 12.6 Å². The van der Waals surface area contributed by atoms with Crippen molar-refractivity contribution in [3.63, 3.8) is 0 Å². The summed E-state index contributed by atoms with van der Waals surface area (Å²) in [5, 5.41) is 4.08. The van der Waals surface area contributed by atoms with E-state index >= 15 is 0 Å². The summed E-state index contributed by atoms with van der Waals surface area (Å²) in [5.74, 6) is 2.56. The molecule has 0 bridgehead atoms. The van der Waals surface area contributed by atoms with E-state index in [9.17, 15) is 0 Å². The summed E-state index contributed by atoms with van der Waals surface area (Å²) in [7, 11) is 0. The fourth-order valence-electron chi connectivity index (χ4n) is 2.76. The monoisotopic (exact) mass is 347 g/mol. The maximum atomic E-state index is 6.37. The lowest BCUT2D eigenvalue weighted by atomic mass is 9.98. The van der Waals surface area contributed by atoms with Crippen LogP contribution in [0.2, 0.25) is 0 Å². The first-order valence-electron chi connectivity index (χ1n) is 8.81. The van der Waals surface area contributed by atoms with Crippen LogP contribution >= 0.6 is 0 Å². The number of nitrogens with two attached hydrogens (primary N) is 2. The summed E-state index contributed by atoms with van der Waals surface area (Å²) in [6.45, 7) is 4.44. The summed E-state index contributed by atoms with van der Waals surface area (Å²) < 4.78 is 5.44. The highest BCUT2D eigenvalue weighted by Crippen LogP contribution is 2.39. The fraction of sp³-hybridized carbons (Fsp3) is 0.227. The lowest BCUT2D eigenvalue weighted by molar-refractivity contribution is 0.295. The summed E-state index contributed by atoms with van der Waals surface area (Å²) in [5.41, 5.74) is 13.5. The Bertz CT molecular complexity index is 955. The Hall–Kier alpha value is -3.19. The molecular weight excluding hydrogens is 322 g/mol. The molecule has 3 aromatic rings. The van der Waals surface area contributed by atoms with Crippen molar-refractivity contribution in [1.82, 2.24) is 0 Å². The molecule has 26 heavy (non-hydrogen) atoms. The van der Waals surface area contributed by atoms with Gasteiger partial charge in [0.25, 0.3) is 6.02 Å². The maximum absolute atomic E-state index is 6.37. The minimum Gasteiger partial charge on any atom is -0.465 e. The molecule has 0 fully saturated rings. The van der Waals surface area contributed by atoms with E-state index in [1.165, 1.54) is 0 Å². The first-order valence-corrected chi connectivity index (χ1v) is 8.81. The van der Waals surface area contributed by atoms with Crippen molar-refractivity contribution in [2.24, 2.45) is 10.7 Å². The first kappa shape index (κ1) is 19.1. The minimum atomic E-state index is 0.0964. The number of amidine groups is 1. The Morgan fingerprint density at radius 1 is 1.00 bits per heavy atom. The van der Waals surface area contributed by atoms with Crippen LogP contribution in [0.1, 0.15) is 26.7 Å². The molecule has 4 N–H and O–H groups in total. The van der Waals surface area contributed by atoms with Gasteiger partial charge in [-0.3, -0.25) is 0 Å². The number of rotatable bonds is 4. The number of hydrogen-bond donors (Lipinski definition) is 2. The molecule has 3 aromatic carbocycles. The van der Waals surface area contributed by atoms with Crippen LogP contribution in [-0.2, 0) is 4.74 Å². The largest absolute Gasteiger partial charge is 0.465 e. The summed E-state index contributed by atoms with van der Waals surface area (Å²) in [4.78, 5) is 4.43. The van der Waals surface area contributed by atoms with Crippen molar-refractivity contribution in [3.8, 4) is 12.3 Å². The summed E-state index contributed by atoms with van der Waals surface area (Å²) >= 11 is 0. The molecule has 0 radical (unpaired) electrons. The Morgan fingerprint density at radius 3 is 2.15 bits per heavy atom. The molecular formula is C22H25N3O. The highest BCUT2D eigenvalue weighted by atomic mass is 16.5. The summed E-state index contributed by atoms with van der Waals surface area (Å²) in [6.07, 6.45) is 6.60. The minimum absolute atomic E-state index is 0.0964. The Morgan fingerprint density at radius 2 is 1.54 bits per heavy atom. The van der Waals surface area contributed by atoms with E-state index < -0.39 is 0 Å². The van der Waals surface area contributed by atoms with Gasteiger partial charge in [0.05, 0.1) is 12.3 Å². The number of anilines is 1. The van der Waals surface area contributed by atoms with Crippen LogP contribution in [0.15, 0.2) is 53.5 Å². The smallest absolute Gasteiger partial charge is 0.287 e. The zero-order valence-electron chi connectivity index (χ0n) is 15.3. The third-order valence-corrected chi connectivity index (χ3v) is 3.88. The van der Waals surface area contributed by atoms with Crippen molar-refractivity contribution in [2.75, 3.05) is 12.3 Å². The Kier molecular flexibility index (Phi) is 6.87. The third kappa shape index (κ3) is 4.07. The van der Waals surface area contributed by atoms with E-state index in [2.05, 4.69) is 23.0 Å². The highest BCUT2D eigenvalue weighted by molar-refractivity contribution is 6.19. The van der Waals surface area contributed by atoms with Crippen LogP contribution < -0.4 is 11.5 Å². The molecule has 0 unspecified atom stereocenters. The number of hydrogen-bond acceptors (Lipinski definition) is 3. The van der Waals surface area contributed by atoms with Crippen LogP contribution in [0.5, 0.6) is 0 Å². The third-order valence-electron chi connectivity index (χ3n) is 3.88. The molecule has 4 heteroatoms. The second-order valence-corrected chi connectivity index (χ2v) is 5.46. The number of nitrogens with zero attached hydrogens (tertiary/aromatic N) is 1. The van der Waals surface area contributed by atoms with Crippen molar-refractivity contribution in [2.45, 2.75) is 26.7 Å². The predicted octanol–water partition coefficient (Wildman–Crippen LogP) is 4.98. The number of nitrogen functional groups attached to an aromatic ring is 1. The van der Waals surface area contributed by atoms with Gasteiger partial charge in [0.15, 0.2) is 0 Å². The molecule has 0 atom stereocenters. The van der Waals surface area contributed by atoms with E-state index in [-0.39, 0.29) is 6.02 Å². The molecule has 0 saturated carbocycles. The van der Waals surface area contributed by atoms with Gasteiger partial charge in [0.1, 0.15) is 5.69 Å². The van der Waals surface area contributed by atoms with E-state index in [1.54, 1.807) is 0 Å². The predicted molar refractivity (Wildman–Crippen MR) is 113 cm³/mol. The normalized spacial score (nSPS) is 10.9. The molecule has 0 aromatic heterocycles.